The summed E-state index contributed by atoms with van der Waals surface area (Å²) < 4.78 is 1.19. The Morgan fingerprint density at radius 2 is 1.90 bits per heavy atom. The van der Waals surface area contributed by atoms with Crippen LogP contribution in [0.15, 0.2) is 46.9 Å². The van der Waals surface area contributed by atoms with Crippen molar-refractivity contribution in [3.63, 3.8) is 0 Å². The Hall–Kier alpha value is -1.28. The second-order valence-electron chi connectivity index (χ2n) is 6.24. The Balaban J connectivity index is 1.77. The first-order valence-electron chi connectivity index (χ1n) is 7.76. The van der Waals surface area contributed by atoms with Gasteiger partial charge >= 0.3 is 0 Å². The fourth-order valence-corrected chi connectivity index (χ4v) is 3.61. The van der Waals surface area contributed by atoms with E-state index in [0.29, 0.717) is 12.0 Å². The summed E-state index contributed by atoms with van der Waals surface area (Å²) in [5.74, 6) is 0.556. The van der Waals surface area contributed by atoms with Gasteiger partial charge < -0.3 is 5.32 Å². The Morgan fingerprint density at radius 1 is 1.10 bits per heavy atom. The van der Waals surface area contributed by atoms with Crippen LogP contribution < -0.4 is 5.32 Å². The van der Waals surface area contributed by atoms with E-state index in [2.05, 4.69) is 77.6 Å². The molecule has 2 heteroatoms. The van der Waals surface area contributed by atoms with Crippen LogP contribution in [0.1, 0.15) is 42.9 Å². The summed E-state index contributed by atoms with van der Waals surface area (Å²) in [6.07, 6.45) is 3.49. The lowest BCUT2D eigenvalue weighted by Crippen LogP contribution is -2.27. The minimum absolute atomic E-state index is 0.540. The zero-order valence-electron chi connectivity index (χ0n) is 12.7. The number of para-hydroxylation sites is 1. The molecule has 0 fully saturated rings. The van der Waals surface area contributed by atoms with Crippen LogP contribution in [0.3, 0.4) is 0 Å². The van der Waals surface area contributed by atoms with E-state index in [0.717, 1.165) is 12.8 Å². The highest BCUT2D eigenvalue weighted by molar-refractivity contribution is 9.10. The van der Waals surface area contributed by atoms with Gasteiger partial charge in [-0.1, -0.05) is 54.0 Å². The highest BCUT2D eigenvalue weighted by Gasteiger charge is 2.19. The van der Waals surface area contributed by atoms with Gasteiger partial charge in [-0.05, 0) is 60.1 Å². The lowest BCUT2D eigenvalue weighted by molar-refractivity contribution is 0.609. The molecule has 1 aliphatic rings. The molecule has 1 aliphatic carbocycles. The van der Waals surface area contributed by atoms with Crippen LogP contribution in [0.4, 0.5) is 5.69 Å². The van der Waals surface area contributed by atoms with Crippen molar-refractivity contribution in [1.82, 2.24) is 0 Å². The van der Waals surface area contributed by atoms with Gasteiger partial charge in [0.15, 0.2) is 0 Å². The minimum Gasteiger partial charge on any atom is -0.382 e. The number of rotatable bonds is 3. The molecule has 110 valence electrons. The lowest BCUT2D eigenvalue weighted by atomic mass is 9.88. The van der Waals surface area contributed by atoms with Crippen LogP contribution in [0.2, 0.25) is 0 Å². The normalized spacial score (nSPS) is 17.6. The number of fused-ring (bicyclic) bond motifs is 1. The van der Waals surface area contributed by atoms with Gasteiger partial charge in [-0.3, -0.25) is 0 Å². The van der Waals surface area contributed by atoms with Gasteiger partial charge in [-0.15, -0.1) is 0 Å². The standard InChI is InChI=1S/C19H22BrN/c1-13(2)18-5-3-4-6-19(18)21-17-10-8-14-11-16(20)9-7-15(14)12-17/h3-7,9,11,13,17,21H,8,10,12H2,1-2H3. The van der Waals surface area contributed by atoms with Gasteiger partial charge in [0, 0.05) is 16.2 Å². The average Bonchev–Trinajstić information content (AvgIpc) is 2.48. The van der Waals surface area contributed by atoms with Crippen LogP contribution in [0, 0.1) is 0 Å². The third kappa shape index (κ3) is 3.32. The molecular formula is C19H22BrN. The van der Waals surface area contributed by atoms with E-state index in [9.17, 15) is 0 Å². The number of benzene rings is 2. The molecule has 1 atom stereocenters. The molecule has 0 saturated heterocycles. The molecule has 21 heavy (non-hydrogen) atoms. The molecule has 2 aromatic carbocycles. The average molecular weight is 344 g/mol. The SMILES string of the molecule is CC(C)c1ccccc1NC1CCc2cc(Br)ccc2C1. The van der Waals surface area contributed by atoms with E-state index < -0.39 is 0 Å². The molecule has 0 bridgehead atoms. The maximum Gasteiger partial charge on any atom is 0.0377 e. The Kier molecular flexibility index (Phi) is 4.34. The van der Waals surface area contributed by atoms with E-state index in [1.807, 2.05) is 0 Å². The summed E-state index contributed by atoms with van der Waals surface area (Å²) in [5.41, 5.74) is 5.71. The molecule has 0 aromatic heterocycles. The van der Waals surface area contributed by atoms with Gasteiger partial charge in [0.25, 0.3) is 0 Å². The molecule has 0 heterocycles. The van der Waals surface area contributed by atoms with E-state index in [1.54, 1.807) is 0 Å². The highest BCUT2D eigenvalue weighted by Crippen LogP contribution is 2.29. The summed E-state index contributed by atoms with van der Waals surface area (Å²) in [6, 6.07) is 15.9. The first kappa shape index (κ1) is 14.6. The first-order valence-corrected chi connectivity index (χ1v) is 8.55. The quantitative estimate of drug-likeness (QED) is 0.771. The van der Waals surface area contributed by atoms with Gasteiger partial charge in [0.2, 0.25) is 0 Å². The zero-order chi connectivity index (χ0) is 14.8. The molecule has 0 radical (unpaired) electrons. The van der Waals surface area contributed by atoms with Crippen molar-refractivity contribution >= 4 is 21.6 Å². The van der Waals surface area contributed by atoms with E-state index >= 15 is 0 Å². The zero-order valence-corrected chi connectivity index (χ0v) is 14.3. The minimum atomic E-state index is 0.540. The van der Waals surface area contributed by atoms with Crippen molar-refractivity contribution in [2.45, 2.75) is 45.1 Å². The summed E-state index contributed by atoms with van der Waals surface area (Å²) in [6.45, 7) is 4.52. The third-order valence-corrected chi connectivity index (χ3v) is 4.83. The number of aryl methyl sites for hydroxylation is 1. The smallest absolute Gasteiger partial charge is 0.0377 e. The molecule has 0 amide bonds. The van der Waals surface area contributed by atoms with Crippen LogP contribution in [-0.2, 0) is 12.8 Å². The van der Waals surface area contributed by atoms with Gasteiger partial charge in [0.1, 0.15) is 0 Å². The second-order valence-corrected chi connectivity index (χ2v) is 7.15. The molecule has 1 N–H and O–H groups in total. The number of hydrogen-bond donors (Lipinski definition) is 1. The predicted molar refractivity (Wildman–Crippen MR) is 94.1 cm³/mol. The number of nitrogens with one attached hydrogen (secondary N) is 1. The molecule has 3 rings (SSSR count). The second kappa shape index (κ2) is 6.23. The topological polar surface area (TPSA) is 12.0 Å². The Labute approximate surface area is 135 Å². The monoisotopic (exact) mass is 343 g/mol. The molecule has 0 saturated carbocycles. The highest BCUT2D eigenvalue weighted by atomic mass is 79.9. The third-order valence-electron chi connectivity index (χ3n) is 4.34. The van der Waals surface area contributed by atoms with Crippen molar-refractivity contribution < 1.29 is 0 Å². The molecule has 0 spiro atoms. The summed E-state index contributed by atoms with van der Waals surface area (Å²) >= 11 is 3.57. The Morgan fingerprint density at radius 3 is 2.71 bits per heavy atom. The summed E-state index contributed by atoms with van der Waals surface area (Å²) in [5, 5.41) is 3.77. The van der Waals surface area contributed by atoms with Crippen molar-refractivity contribution in [1.29, 1.82) is 0 Å². The maximum atomic E-state index is 3.77. The van der Waals surface area contributed by atoms with Gasteiger partial charge in [-0.25, -0.2) is 0 Å². The maximum absolute atomic E-state index is 3.77. The van der Waals surface area contributed by atoms with E-state index in [4.69, 9.17) is 0 Å². The lowest BCUT2D eigenvalue weighted by Gasteiger charge is -2.28. The molecule has 0 aliphatic heterocycles. The van der Waals surface area contributed by atoms with E-state index in [1.165, 1.54) is 33.3 Å². The number of anilines is 1. The van der Waals surface area contributed by atoms with Gasteiger partial charge in [0.05, 0.1) is 0 Å². The molecular weight excluding hydrogens is 322 g/mol. The molecule has 2 aromatic rings. The van der Waals surface area contributed by atoms with Gasteiger partial charge in [-0.2, -0.15) is 0 Å². The molecule has 1 unspecified atom stereocenters. The van der Waals surface area contributed by atoms with Crippen LogP contribution >= 0.6 is 15.9 Å². The van der Waals surface area contributed by atoms with Crippen molar-refractivity contribution in [2.24, 2.45) is 0 Å². The largest absolute Gasteiger partial charge is 0.382 e. The summed E-state index contributed by atoms with van der Waals surface area (Å²) in [4.78, 5) is 0. The van der Waals surface area contributed by atoms with Crippen molar-refractivity contribution in [2.75, 3.05) is 5.32 Å². The fourth-order valence-electron chi connectivity index (χ4n) is 3.20. The predicted octanol–water partition coefficient (Wildman–Crippen LogP) is 5.54. The van der Waals surface area contributed by atoms with E-state index in [-0.39, 0.29) is 0 Å². The Bertz CT molecular complexity index is 633. The molecule has 1 nitrogen and oxygen atoms in total. The van der Waals surface area contributed by atoms with Crippen molar-refractivity contribution in [3.8, 4) is 0 Å². The van der Waals surface area contributed by atoms with Crippen LogP contribution in [-0.4, -0.2) is 6.04 Å². The fraction of sp³-hybridized carbons (Fsp3) is 0.368. The van der Waals surface area contributed by atoms with Crippen LogP contribution in [0.5, 0.6) is 0 Å². The first-order chi connectivity index (χ1) is 10.1. The van der Waals surface area contributed by atoms with Crippen molar-refractivity contribution in [3.05, 3.63) is 63.6 Å². The number of hydrogen-bond acceptors (Lipinski definition) is 1. The van der Waals surface area contributed by atoms with Crippen LogP contribution in [0.25, 0.3) is 0 Å². The summed E-state index contributed by atoms with van der Waals surface area (Å²) in [7, 11) is 0. The number of halogens is 1.